The lowest BCUT2D eigenvalue weighted by Gasteiger charge is -2.64. The second-order valence-electron chi connectivity index (χ2n) is 12.9. The molecule has 0 unspecified atom stereocenters. The van der Waals surface area contributed by atoms with Gasteiger partial charge >= 0.3 is 5.97 Å². The van der Waals surface area contributed by atoms with E-state index in [-0.39, 0.29) is 34.9 Å². The molecule has 4 aliphatic carbocycles. The van der Waals surface area contributed by atoms with Gasteiger partial charge in [0.2, 0.25) is 0 Å². The molecule has 4 heteroatoms. The van der Waals surface area contributed by atoms with Crippen LogP contribution in [0.1, 0.15) is 117 Å². The minimum absolute atomic E-state index is 0.0526. The van der Waals surface area contributed by atoms with Crippen LogP contribution in [0.15, 0.2) is 0 Å². The Balaban J connectivity index is 1.38. The Hall–Kier alpha value is -0.610. The van der Waals surface area contributed by atoms with Crippen molar-refractivity contribution >= 4 is 5.97 Å². The number of hydrogen-bond acceptors (Lipinski definition) is 4. The number of fused-ring (bicyclic) bond motifs is 3. The highest BCUT2D eigenvalue weighted by atomic mass is 16.5. The van der Waals surface area contributed by atoms with Gasteiger partial charge in [-0.3, -0.25) is 4.79 Å². The van der Waals surface area contributed by atoms with Gasteiger partial charge in [-0.15, -0.1) is 0 Å². The van der Waals surface area contributed by atoms with Gasteiger partial charge < -0.3 is 14.9 Å². The van der Waals surface area contributed by atoms with Crippen molar-refractivity contribution in [3.05, 3.63) is 0 Å². The largest absolute Gasteiger partial charge is 0.465 e. The Bertz CT molecular complexity index is 678. The number of aliphatic hydroxyl groups excluding tert-OH is 2. The fourth-order valence-corrected chi connectivity index (χ4v) is 9.23. The van der Waals surface area contributed by atoms with Crippen LogP contribution in [0.25, 0.3) is 0 Å². The smallest absolute Gasteiger partial charge is 0.312 e. The van der Waals surface area contributed by atoms with Gasteiger partial charge in [-0.05, 0) is 99.2 Å². The average molecular weight is 449 g/mol. The van der Waals surface area contributed by atoms with E-state index in [1.54, 1.807) is 0 Å². The Labute approximate surface area is 195 Å². The number of ether oxygens (including phenoxy) is 1. The number of hydrogen-bond donors (Lipinski definition) is 2. The second kappa shape index (κ2) is 9.21. The number of carbonyl (C=O) groups is 1. The molecule has 0 aromatic rings. The lowest BCUT2D eigenvalue weighted by atomic mass is 9.40. The van der Waals surface area contributed by atoms with Crippen molar-refractivity contribution in [1.29, 1.82) is 0 Å². The summed E-state index contributed by atoms with van der Waals surface area (Å²) in [6.45, 7) is 7.86. The molecule has 0 radical (unpaired) electrons. The first-order chi connectivity index (χ1) is 15.2. The SMILES string of the molecule is C[C@@]12CC[C@@H]3[C@@](CC[C@H]4[C@@]3(C)CCC[C@@]4(C)C(=O)OCCCCCCCCO)(C[C@H]1O)C2. The molecule has 4 rings (SSSR count). The highest BCUT2D eigenvalue weighted by molar-refractivity contribution is 5.77. The predicted molar refractivity (Wildman–Crippen MR) is 127 cm³/mol. The summed E-state index contributed by atoms with van der Waals surface area (Å²) in [4.78, 5) is 13.4. The van der Waals surface area contributed by atoms with Crippen molar-refractivity contribution in [1.82, 2.24) is 0 Å². The standard InChI is InChI=1S/C28H48O4/c1-25-15-11-22-26(2)13-10-14-27(3,21(26)12-16-28(22,20-25)19-23(25)30)24(31)32-18-9-7-5-4-6-8-17-29/h21-23,29-30H,4-20H2,1-3H3/t21-,22-,23+,25-,26+,27+,28-/m0/s1. The van der Waals surface area contributed by atoms with Crippen molar-refractivity contribution in [2.75, 3.05) is 13.2 Å². The number of esters is 1. The van der Waals surface area contributed by atoms with Gasteiger partial charge in [-0.1, -0.05) is 46.0 Å². The van der Waals surface area contributed by atoms with Gasteiger partial charge in [0.25, 0.3) is 0 Å². The highest BCUT2D eigenvalue weighted by Gasteiger charge is 2.68. The Morgan fingerprint density at radius 2 is 1.59 bits per heavy atom. The third-order valence-electron chi connectivity index (χ3n) is 10.9. The molecule has 0 aromatic heterocycles. The summed E-state index contributed by atoms with van der Waals surface area (Å²) >= 11 is 0. The molecule has 4 saturated carbocycles. The van der Waals surface area contributed by atoms with Gasteiger partial charge in [-0.2, -0.15) is 0 Å². The third kappa shape index (κ3) is 4.06. The maximum Gasteiger partial charge on any atom is 0.312 e. The molecule has 0 aromatic carbocycles. The fraction of sp³-hybridized carbons (Fsp3) is 0.964. The first-order valence-corrected chi connectivity index (χ1v) is 13.7. The summed E-state index contributed by atoms with van der Waals surface area (Å²) in [5.74, 6) is 1.11. The molecule has 4 nitrogen and oxygen atoms in total. The molecular formula is C28H48O4. The molecule has 7 atom stereocenters. The zero-order chi connectivity index (χ0) is 23.0. The molecule has 1 spiro atoms. The Kier molecular flexibility index (Phi) is 7.05. The van der Waals surface area contributed by atoms with E-state index in [4.69, 9.17) is 9.84 Å². The van der Waals surface area contributed by atoms with E-state index in [1.807, 2.05) is 0 Å². The maximum absolute atomic E-state index is 13.4. The quantitative estimate of drug-likeness (QED) is 0.334. The minimum Gasteiger partial charge on any atom is -0.465 e. The summed E-state index contributed by atoms with van der Waals surface area (Å²) in [5.41, 5.74) is 0.264. The van der Waals surface area contributed by atoms with Crippen LogP contribution in [-0.4, -0.2) is 35.5 Å². The van der Waals surface area contributed by atoms with Gasteiger partial charge in [-0.25, -0.2) is 0 Å². The van der Waals surface area contributed by atoms with Crippen LogP contribution in [-0.2, 0) is 9.53 Å². The van der Waals surface area contributed by atoms with Crippen molar-refractivity contribution in [2.45, 2.75) is 123 Å². The Morgan fingerprint density at radius 1 is 0.906 bits per heavy atom. The van der Waals surface area contributed by atoms with Crippen LogP contribution >= 0.6 is 0 Å². The van der Waals surface area contributed by atoms with Gasteiger partial charge in [0.15, 0.2) is 0 Å². The van der Waals surface area contributed by atoms with E-state index in [2.05, 4.69) is 20.8 Å². The van der Waals surface area contributed by atoms with Crippen molar-refractivity contribution in [3.63, 3.8) is 0 Å². The van der Waals surface area contributed by atoms with Gasteiger partial charge in [0, 0.05) is 6.61 Å². The molecule has 0 aliphatic heterocycles. The summed E-state index contributed by atoms with van der Waals surface area (Å²) in [5, 5.41) is 19.7. The number of carbonyl (C=O) groups excluding carboxylic acids is 1. The normalized spacial score (nSPS) is 45.2. The lowest BCUT2D eigenvalue weighted by Crippen LogP contribution is -2.58. The number of aliphatic hydroxyl groups is 2. The van der Waals surface area contributed by atoms with Crippen LogP contribution in [0.2, 0.25) is 0 Å². The third-order valence-corrected chi connectivity index (χ3v) is 10.9. The minimum atomic E-state index is -0.353. The topological polar surface area (TPSA) is 66.8 Å². The molecule has 2 bridgehead atoms. The molecule has 32 heavy (non-hydrogen) atoms. The number of rotatable bonds is 9. The lowest BCUT2D eigenvalue weighted by molar-refractivity contribution is -0.188. The molecule has 0 saturated heterocycles. The molecular weight excluding hydrogens is 400 g/mol. The molecule has 0 amide bonds. The van der Waals surface area contributed by atoms with Crippen LogP contribution < -0.4 is 0 Å². The first-order valence-electron chi connectivity index (χ1n) is 13.7. The van der Waals surface area contributed by atoms with E-state index in [0.29, 0.717) is 23.9 Å². The molecule has 0 heterocycles. The highest BCUT2D eigenvalue weighted by Crippen LogP contribution is 2.73. The van der Waals surface area contributed by atoms with E-state index in [0.717, 1.165) is 70.6 Å². The fourth-order valence-electron chi connectivity index (χ4n) is 9.23. The molecule has 4 fully saturated rings. The van der Waals surface area contributed by atoms with E-state index < -0.39 is 0 Å². The second-order valence-corrected chi connectivity index (χ2v) is 12.9. The van der Waals surface area contributed by atoms with Gasteiger partial charge in [0.05, 0.1) is 18.1 Å². The molecule has 4 aliphatic rings. The van der Waals surface area contributed by atoms with Crippen molar-refractivity contribution in [2.24, 2.45) is 33.5 Å². The summed E-state index contributed by atoms with van der Waals surface area (Å²) in [7, 11) is 0. The zero-order valence-corrected chi connectivity index (χ0v) is 21.0. The van der Waals surface area contributed by atoms with Crippen molar-refractivity contribution in [3.8, 4) is 0 Å². The van der Waals surface area contributed by atoms with Gasteiger partial charge in [0.1, 0.15) is 0 Å². The summed E-state index contributed by atoms with van der Waals surface area (Å²) in [6.07, 6.45) is 16.4. The van der Waals surface area contributed by atoms with Crippen LogP contribution in [0.5, 0.6) is 0 Å². The monoisotopic (exact) mass is 448 g/mol. The van der Waals surface area contributed by atoms with E-state index >= 15 is 0 Å². The Morgan fingerprint density at radius 3 is 2.34 bits per heavy atom. The summed E-state index contributed by atoms with van der Waals surface area (Å²) < 4.78 is 5.92. The van der Waals surface area contributed by atoms with E-state index in [9.17, 15) is 9.90 Å². The zero-order valence-electron chi connectivity index (χ0n) is 21.0. The van der Waals surface area contributed by atoms with Crippen LogP contribution in [0, 0.1) is 33.5 Å². The first kappa shape index (κ1) is 24.5. The van der Waals surface area contributed by atoms with Crippen LogP contribution in [0.3, 0.4) is 0 Å². The molecule has 184 valence electrons. The van der Waals surface area contributed by atoms with Crippen LogP contribution in [0.4, 0.5) is 0 Å². The molecule has 2 N–H and O–H groups in total. The van der Waals surface area contributed by atoms with Crippen molar-refractivity contribution < 1.29 is 19.7 Å². The summed E-state index contributed by atoms with van der Waals surface area (Å²) in [6, 6.07) is 0. The van der Waals surface area contributed by atoms with E-state index in [1.165, 1.54) is 25.7 Å². The predicted octanol–water partition coefficient (Wildman–Crippen LogP) is 6.03. The number of unbranched alkanes of at least 4 members (excludes halogenated alkanes) is 5. The maximum atomic E-state index is 13.4. The average Bonchev–Trinajstić information content (AvgIpc) is 2.93.